The summed E-state index contributed by atoms with van der Waals surface area (Å²) in [5.41, 5.74) is 3.38. The van der Waals surface area contributed by atoms with Gasteiger partial charge in [0.15, 0.2) is 0 Å². The zero-order chi connectivity index (χ0) is 11.1. The molecule has 1 aromatic rings. The first-order valence-corrected chi connectivity index (χ1v) is 4.75. The van der Waals surface area contributed by atoms with E-state index >= 15 is 0 Å². The molecule has 0 aromatic carbocycles. The quantitative estimate of drug-likeness (QED) is 0.447. The third-order valence-corrected chi connectivity index (χ3v) is 2.04. The largest absolute Gasteiger partial charge is 0.271 e. The fraction of sp³-hybridized carbons (Fsp3) is 0.364. The summed E-state index contributed by atoms with van der Waals surface area (Å²) in [5, 5.41) is 0. The molecule has 0 aliphatic carbocycles. The van der Waals surface area contributed by atoms with Crippen LogP contribution >= 0.6 is 0 Å². The molecule has 1 atom stereocenters. The number of nitrogens with zero attached hydrogens (tertiary/aromatic N) is 1. The van der Waals surface area contributed by atoms with E-state index < -0.39 is 0 Å². The van der Waals surface area contributed by atoms with Crippen LogP contribution < -0.4 is 11.3 Å². The lowest BCUT2D eigenvalue weighted by atomic mass is 10.1. The third kappa shape index (κ3) is 3.66. The number of hydrogen-bond donors (Lipinski definition) is 2. The highest BCUT2D eigenvalue weighted by Crippen LogP contribution is 2.14. The summed E-state index contributed by atoms with van der Waals surface area (Å²) in [6.07, 6.45) is 2.69. The minimum absolute atomic E-state index is 0.0774. The minimum Gasteiger partial charge on any atom is -0.271 e. The SMILES string of the molecule is CC#CCCC(NN)c1ccc(F)cn1. The minimum atomic E-state index is -0.345. The van der Waals surface area contributed by atoms with E-state index in [4.69, 9.17) is 5.84 Å². The topological polar surface area (TPSA) is 50.9 Å². The number of halogens is 1. The van der Waals surface area contributed by atoms with Gasteiger partial charge in [-0.2, -0.15) is 0 Å². The van der Waals surface area contributed by atoms with Crippen molar-refractivity contribution in [2.24, 2.45) is 5.84 Å². The average molecular weight is 207 g/mol. The molecule has 15 heavy (non-hydrogen) atoms. The van der Waals surface area contributed by atoms with E-state index in [1.54, 1.807) is 13.0 Å². The van der Waals surface area contributed by atoms with E-state index in [9.17, 15) is 4.39 Å². The number of rotatable bonds is 4. The molecular formula is C11H14FN3. The van der Waals surface area contributed by atoms with E-state index in [0.717, 1.165) is 18.5 Å². The Morgan fingerprint density at radius 2 is 2.40 bits per heavy atom. The fourth-order valence-corrected chi connectivity index (χ4v) is 1.25. The summed E-state index contributed by atoms with van der Waals surface area (Å²) < 4.78 is 12.6. The fourth-order valence-electron chi connectivity index (χ4n) is 1.25. The predicted molar refractivity (Wildman–Crippen MR) is 56.9 cm³/mol. The summed E-state index contributed by atoms with van der Waals surface area (Å²) in [4.78, 5) is 3.96. The van der Waals surface area contributed by atoms with E-state index in [1.165, 1.54) is 12.3 Å². The Balaban J connectivity index is 2.64. The number of nitrogens with one attached hydrogen (secondary N) is 1. The van der Waals surface area contributed by atoms with E-state index in [2.05, 4.69) is 22.3 Å². The van der Waals surface area contributed by atoms with Crippen LogP contribution in [0.5, 0.6) is 0 Å². The Morgan fingerprint density at radius 3 is 2.93 bits per heavy atom. The second-order valence-corrected chi connectivity index (χ2v) is 3.09. The number of hydrogen-bond acceptors (Lipinski definition) is 3. The first kappa shape index (κ1) is 11.6. The smallest absolute Gasteiger partial charge is 0.141 e. The van der Waals surface area contributed by atoms with Gasteiger partial charge in [-0.25, -0.2) is 4.39 Å². The highest BCUT2D eigenvalue weighted by atomic mass is 19.1. The zero-order valence-corrected chi connectivity index (χ0v) is 8.63. The van der Waals surface area contributed by atoms with Crippen molar-refractivity contribution in [3.63, 3.8) is 0 Å². The molecule has 0 bridgehead atoms. The molecule has 0 spiro atoms. The molecule has 1 rings (SSSR count). The van der Waals surface area contributed by atoms with Crippen molar-refractivity contribution in [1.29, 1.82) is 0 Å². The van der Waals surface area contributed by atoms with Crippen molar-refractivity contribution in [3.8, 4) is 11.8 Å². The zero-order valence-electron chi connectivity index (χ0n) is 8.63. The van der Waals surface area contributed by atoms with Gasteiger partial charge in [0.2, 0.25) is 0 Å². The van der Waals surface area contributed by atoms with Crippen LogP contribution in [0.15, 0.2) is 18.3 Å². The molecular weight excluding hydrogens is 193 g/mol. The summed E-state index contributed by atoms with van der Waals surface area (Å²) in [6, 6.07) is 2.92. The average Bonchev–Trinajstić information content (AvgIpc) is 2.26. The van der Waals surface area contributed by atoms with Gasteiger partial charge in [0.1, 0.15) is 5.82 Å². The van der Waals surface area contributed by atoms with Gasteiger partial charge in [-0.1, -0.05) is 0 Å². The number of aromatic nitrogens is 1. The molecule has 1 heterocycles. The summed E-state index contributed by atoms with van der Waals surface area (Å²) >= 11 is 0. The first-order chi connectivity index (χ1) is 7.27. The van der Waals surface area contributed by atoms with Gasteiger partial charge in [-0.05, 0) is 25.5 Å². The van der Waals surface area contributed by atoms with Crippen LogP contribution in [0, 0.1) is 17.7 Å². The van der Waals surface area contributed by atoms with Crippen LogP contribution in [-0.4, -0.2) is 4.98 Å². The molecule has 0 aliphatic rings. The van der Waals surface area contributed by atoms with E-state index in [-0.39, 0.29) is 11.9 Å². The van der Waals surface area contributed by atoms with Gasteiger partial charge < -0.3 is 0 Å². The normalized spacial score (nSPS) is 11.7. The van der Waals surface area contributed by atoms with Gasteiger partial charge in [0.05, 0.1) is 17.9 Å². The van der Waals surface area contributed by atoms with Gasteiger partial charge >= 0.3 is 0 Å². The molecule has 0 amide bonds. The van der Waals surface area contributed by atoms with Crippen LogP contribution in [0.25, 0.3) is 0 Å². The van der Waals surface area contributed by atoms with Gasteiger partial charge in [0, 0.05) is 6.42 Å². The molecule has 0 radical (unpaired) electrons. The molecule has 80 valence electrons. The standard InChI is InChI=1S/C11H14FN3/c1-2-3-4-5-11(15-13)10-7-6-9(12)8-14-10/h6-8,11,15H,4-5,13H2,1H3. The number of nitrogens with two attached hydrogens (primary N) is 1. The number of pyridine rings is 1. The molecule has 0 aliphatic heterocycles. The van der Waals surface area contributed by atoms with Crippen LogP contribution in [0.2, 0.25) is 0 Å². The van der Waals surface area contributed by atoms with E-state index in [1.807, 2.05) is 0 Å². The Labute approximate surface area is 88.9 Å². The predicted octanol–water partition coefficient (Wildman–Crippen LogP) is 1.53. The first-order valence-electron chi connectivity index (χ1n) is 4.75. The molecule has 4 heteroatoms. The highest BCUT2D eigenvalue weighted by Gasteiger charge is 2.09. The monoisotopic (exact) mass is 207 g/mol. The van der Waals surface area contributed by atoms with E-state index in [0.29, 0.717) is 0 Å². The molecule has 0 fully saturated rings. The highest BCUT2D eigenvalue weighted by molar-refractivity contribution is 5.10. The number of hydrazine groups is 1. The van der Waals surface area contributed by atoms with Crippen molar-refractivity contribution in [2.75, 3.05) is 0 Å². The lowest BCUT2D eigenvalue weighted by Gasteiger charge is -2.13. The molecule has 3 N–H and O–H groups in total. The molecule has 1 unspecified atom stereocenters. The molecule has 1 aromatic heterocycles. The van der Waals surface area contributed by atoms with Crippen molar-refractivity contribution in [3.05, 3.63) is 29.8 Å². The van der Waals surface area contributed by atoms with Crippen molar-refractivity contribution in [1.82, 2.24) is 10.4 Å². The lowest BCUT2D eigenvalue weighted by Crippen LogP contribution is -2.28. The van der Waals surface area contributed by atoms with Crippen molar-refractivity contribution < 1.29 is 4.39 Å². The van der Waals surface area contributed by atoms with Crippen molar-refractivity contribution in [2.45, 2.75) is 25.8 Å². The van der Waals surface area contributed by atoms with Gasteiger partial charge in [-0.3, -0.25) is 16.3 Å². The molecule has 0 saturated carbocycles. The maximum atomic E-state index is 12.6. The Hall–Kier alpha value is -1.44. The van der Waals surface area contributed by atoms with Gasteiger partial charge in [0.25, 0.3) is 0 Å². The van der Waals surface area contributed by atoms with Crippen LogP contribution in [0.4, 0.5) is 4.39 Å². The molecule has 3 nitrogen and oxygen atoms in total. The van der Waals surface area contributed by atoms with Crippen LogP contribution in [0.3, 0.4) is 0 Å². The summed E-state index contributed by atoms with van der Waals surface area (Å²) in [7, 11) is 0. The Kier molecular flexibility index (Phi) is 4.75. The maximum absolute atomic E-state index is 12.6. The second-order valence-electron chi connectivity index (χ2n) is 3.09. The Morgan fingerprint density at radius 1 is 1.60 bits per heavy atom. The van der Waals surface area contributed by atoms with Crippen LogP contribution in [0.1, 0.15) is 31.5 Å². The lowest BCUT2D eigenvalue weighted by molar-refractivity contribution is 0.508. The Bertz CT molecular complexity index is 350. The second kappa shape index (κ2) is 6.12. The summed E-state index contributed by atoms with van der Waals surface area (Å²) in [6.45, 7) is 1.79. The van der Waals surface area contributed by atoms with Gasteiger partial charge in [-0.15, -0.1) is 11.8 Å². The van der Waals surface area contributed by atoms with Crippen molar-refractivity contribution >= 4 is 0 Å². The maximum Gasteiger partial charge on any atom is 0.141 e. The van der Waals surface area contributed by atoms with Crippen LogP contribution in [-0.2, 0) is 0 Å². The molecule has 0 saturated heterocycles. The third-order valence-electron chi connectivity index (χ3n) is 2.04. The summed E-state index contributed by atoms with van der Waals surface area (Å²) in [5.74, 6) is 10.8.